The molecule has 0 bridgehead atoms. The minimum absolute atomic E-state index is 0.0334. The molecule has 1 aliphatic rings. The molecule has 1 aromatic rings. The van der Waals surface area contributed by atoms with Crippen LogP contribution in [-0.4, -0.2) is 24.2 Å². The minimum atomic E-state index is -0.689. The van der Waals surface area contributed by atoms with Gasteiger partial charge in [0.25, 0.3) is 5.69 Å². The number of benzene rings is 1. The molecule has 1 fully saturated rings. The van der Waals surface area contributed by atoms with E-state index in [2.05, 4.69) is 11.4 Å². The molecule has 6 nitrogen and oxygen atoms in total. The maximum atomic E-state index is 10.9. The molecule has 1 saturated heterocycles. The van der Waals surface area contributed by atoms with E-state index < -0.39 is 11.0 Å². The standard InChI is InChI=1S/C13H15N3O3/c14-8-12(15-9-10-4-3-7-19-10)11-5-1-2-6-13(11)16(17)18/h1-2,5-6,10,12,15H,3-4,7,9H2. The van der Waals surface area contributed by atoms with Crippen molar-refractivity contribution < 1.29 is 9.66 Å². The number of nitriles is 1. The van der Waals surface area contributed by atoms with E-state index in [4.69, 9.17) is 4.74 Å². The van der Waals surface area contributed by atoms with E-state index in [-0.39, 0.29) is 11.8 Å². The molecular weight excluding hydrogens is 246 g/mol. The fraction of sp³-hybridized carbons (Fsp3) is 0.462. The lowest BCUT2D eigenvalue weighted by Gasteiger charge is -2.15. The highest BCUT2D eigenvalue weighted by Gasteiger charge is 2.23. The second-order valence-electron chi connectivity index (χ2n) is 4.42. The van der Waals surface area contributed by atoms with Crippen LogP contribution in [-0.2, 0) is 4.74 Å². The van der Waals surface area contributed by atoms with Crippen LogP contribution in [0.25, 0.3) is 0 Å². The highest BCUT2D eigenvalue weighted by atomic mass is 16.6. The second-order valence-corrected chi connectivity index (χ2v) is 4.42. The number of para-hydroxylation sites is 1. The monoisotopic (exact) mass is 261 g/mol. The molecule has 100 valence electrons. The average Bonchev–Trinajstić information content (AvgIpc) is 2.93. The van der Waals surface area contributed by atoms with E-state index in [1.54, 1.807) is 18.2 Å². The first-order chi connectivity index (χ1) is 9.22. The summed E-state index contributed by atoms with van der Waals surface area (Å²) in [7, 11) is 0. The largest absolute Gasteiger partial charge is 0.377 e. The molecule has 2 rings (SSSR count). The first-order valence-electron chi connectivity index (χ1n) is 6.20. The van der Waals surface area contributed by atoms with Crippen LogP contribution in [0.3, 0.4) is 0 Å². The average molecular weight is 261 g/mol. The molecule has 0 spiro atoms. The van der Waals surface area contributed by atoms with Crippen LogP contribution < -0.4 is 5.32 Å². The summed E-state index contributed by atoms with van der Waals surface area (Å²) in [5.74, 6) is 0. The third kappa shape index (κ3) is 3.28. The van der Waals surface area contributed by atoms with E-state index >= 15 is 0 Å². The Morgan fingerprint density at radius 1 is 1.58 bits per heavy atom. The Hall–Kier alpha value is -1.97. The van der Waals surface area contributed by atoms with Crippen molar-refractivity contribution in [1.82, 2.24) is 5.32 Å². The zero-order chi connectivity index (χ0) is 13.7. The lowest BCUT2D eigenvalue weighted by atomic mass is 10.1. The predicted molar refractivity (Wildman–Crippen MR) is 68.4 cm³/mol. The molecule has 1 N–H and O–H groups in total. The Morgan fingerprint density at radius 3 is 3.00 bits per heavy atom. The lowest BCUT2D eigenvalue weighted by molar-refractivity contribution is -0.385. The molecule has 0 radical (unpaired) electrons. The lowest BCUT2D eigenvalue weighted by Crippen LogP contribution is -2.29. The van der Waals surface area contributed by atoms with Crippen molar-refractivity contribution in [2.75, 3.05) is 13.2 Å². The van der Waals surface area contributed by atoms with Crippen molar-refractivity contribution in [2.24, 2.45) is 0 Å². The maximum absolute atomic E-state index is 10.9. The van der Waals surface area contributed by atoms with Gasteiger partial charge in [0.05, 0.1) is 22.7 Å². The van der Waals surface area contributed by atoms with E-state index in [0.29, 0.717) is 12.1 Å². The van der Waals surface area contributed by atoms with Crippen LogP contribution in [0, 0.1) is 21.4 Å². The molecule has 2 atom stereocenters. The number of nitrogens with zero attached hydrogens (tertiary/aromatic N) is 2. The number of nitro benzene ring substituents is 1. The van der Waals surface area contributed by atoms with Gasteiger partial charge >= 0.3 is 0 Å². The summed E-state index contributed by atoms with van der Waals surface area (Å²) < 4.78 is 5.46. The van der Waals surface area contributed by atoms with Crippen LogP contribution in [0.1, 0.15) is 24.4 Å². The topological polar surface area (TPSA) is 88.2 Å². The molecule has 0 aromatic heterocycles. The zero-order valence-corrected chi connectivity index (χ0v) is 10.4. The van der Waals surface area contributed by atoms with Crippen molar-refractivity contribution in [2.45, 2.75) is 25.0 Å². The molecule has 0 amide bonds. The van der Waals surface area contributed by atoms with Gasteiger partial charge in [-0.25, -0.2) is 0 Å². The van der Waals surface area contributed by atoms with Crippen molar-refractivity contribution in [1.29, 1.82) is 5.26 Å². The zero-order valence-electron chi connectivity index (χ0n) is 10.4. The van der Waals surface area contributed by atoms with Crippen LogP contribution in [0.2, 0.25) is 0 Å². The van der Waals surface area contributed by atoms with E-state index in [1.807, 2.05) is 0 Å². The summed E-state index contributed by atoms with van der Waals surface area (Å²) in [6.07, 6.45) is 2.08. The third-order valence-electron chi connectivity index (χ3n) is 3.15. The molecular formula is C13H15N3O3. The van der Waals surface area contributed by atoms with Gasteiger partial charge < -0.3 is 4.74 Å². The summed E-state index contributed by atoms with van der Waals surface area (Å²) in [5, 5.41) is 23.2. The van der Waals surface area contributed by atoms with Gasteiger partial charge in [-0.2, -0.15) is 5.26 Å². The molecule has 1 aliphatic heterocycles. The van der Waals surface area contributed by atoms with Crippen molar-refractivity contribution >= 4 is 5.69 Å². The smallest absolute Gasteiger partial charge is 0.275 e. The number of nitro groups is 1. The van der Waals surface area contributed by atoms with Crippen LogP contribution in [0.5, 0.6) is 0 Å². The minimum Gasteiger partial charge on any atom is -0.377 e. The molecule has 1 aromatic carbocycles. The maximum Gasteiger partial charge on any atom is 0.275 e. The first kappa shape index (κ1) is 13.5. The summed E-state index contributed by atoms with van der Waals surface area (Å²) in [6, 6.07) is 7.68. The number of nitrogens with one attached hydrogen (secondary N) is 1. The Kier molecular flexibility index (Phi) is 4.44. The fourth-order valence-electron chi connectivity index (χ4n) is 2.18. The number of hydrogen-bond donors (Lipinski definition) is 1. The third-order valence-corrected chi connectivity index (χ3v) is 3.15. The number of ether oxygens (including phenoxy) is 1. The van der Waals surface area contributed by atoms with Gasteiger partial charge in [-0.05, 0) is 18.9 Å². The van der Waals surface area contributed by atoms with Crippen molar-refractivity contribution in [3.63, 3.8) is 0 Å². The van der Waals surface area contributed by atoms with Crippen LogP contribution in [0.4, 0.5) is 5.69 Å². The molecule has 0 aliphatic carbocycles. The van der Waals surface area contributed by atoms with Crippen molar-refractivity contribution in [3.05, 3.63) is 39.9 Å². The van der Waals surface area contributed by atoms with Crippen molar-refractivity contribution in [3.8, 4) is 6.07 Å². The summed E-state index contributed by atoms with van der Waals surface area (Å²) >= 11 is 0. The molecule has 19 heavy (non-hydrogen) atoms. The Bertz CT molecular complexity index is 492. The SMILES string of the molecule is N#CC(NCC1CCCO1)c1ccccc1[N+](=O)[O-]. The molecule has 6 heteroatoms. The second kappa shape index (κ2) is 6.27. The summed E-state index contributed by atoms with van der Waals surface area (Å²) in [4.78, 5) is 10.5. The van der Waals surface area contributed by atoms with Gasteiger partial charge in [0.15, 0.2) is 0 Å². The summed E-state index contributed by atoms with van der Waals surface area (Å²) in [5.41, 5.74) is 0.363. The quantitative estimate of drug-likeness (QED) is 0.646. The van der Waals surface area contributed by atoms with Gasteiger partial charge in [-0.1, -0.05) is 12.1 Å². The highest BCUT2D eigenvalue weighted by Crippen LogP contribution is 2.24. The molecule has 2 unspecified atom stereocenters. The Morgan fingerprint density at radius 2 is 2.37 bits per heavy atom. The van der Waals surface area contributed by atoms with Gasteiger partial charge in [0.1, 0.15) is 6.04 Å². The Balaban J connectivity index is 2.08. The van der Waals surface area contributed by atoms with Gasteiger partial charge in [-0.3, -0.25) is 15.4 Å². The first-order valence-corrected chi connectivity index (χ1v) is 6.20. The van der Waals surface area contributed by atoms with E-state index in [1.165, 1.54) is 6.07 Å². The highest BCUT2D eigenvalue weighted by molar-refractivity contribution is 5.44. The van der Waals surface area contributed by atoms with Gasteiger partial charge in [0, 0.05) is 19.2 Å². The summed E-state index contributed by atoms with van der Waals surface area (Å²) in [6.45, 7) is 1.28. The normalized spacial score (nSPS) is 19.8. The number of rotatable bonds is 5. The molecule has 1 heterocycles. The van der Waals surface area contributed by atoms with Gasteiger partial charge in [-0.15, -0.1) is 0 Å². The van der Waals surface area contributed by atoms with E-state index in [9.17, 15) is 15.4 Å². The van der Waals surface area contributed by atoms with Crippen LogP contribution >= 0.6 is 0 Å². The van der Waals surface area contributed by atoms with E-state index in [0.717, 1.165) is 19.4 Å². The van der Waals surface area contributed by atoms with Gasteiger partial charge in [0.2, 0.25) is 0 Å². The molecule has 0 saturated carbocycles. The fourth-order valence-corrected chi connectivity index (χ4v) is 2.18. The predicted octanol–water partition coefficient (Wildman–Crippen LogP) is 1.93. The number of hydrogen-bond acceptors (Lipinski definition) is 5. The van der Waals surface area contributed by atoms with Crippen LogP contribution in [0.15, 0.2) is 24.3 Å². The Labute approximate surface area is 111 Å².